The summed E-state index contributed by atoms with van der Waals surface area (Å²) in [6.45, 7) is 5.39. The van der Waals surface area contributed by atoms with E-state index < -0.39 is 17.2 Å². The Morgan fingerprint density at radius 1 is 1.05 bits per heavy atom. The number of nitrogens with two attached hydrogens (primary N) is 1. The van der Waals surface area contributed by atoms with Crippen LogP contribution in [0.3, 0.4) is 0 Å². The molecule has 3 aliphatic heterocycles. The second-order valence-electron chi connectivity index (χ2n) is 11.7. The van der Waals surface area contributed by atoms with Gasteiger partial charge in [0.1, 0.15) is 27.9 Å². The summed E-state index contributed by atoms with van der Waals surface area (Å²) < 4.78 is 35.8. The quantitative estimate of drug-likeness (QED) is 0.276. The molecule has 0 bridgehead atoms. The number of fused-ring (bicyclic) bond motifs is 5. The number of nitrogens with one attached hydrogen (secondary N) is 1. The molecule has 3 N–H and O–H groups in total. The number of benzene rings is 3. The van der Waals surface area contributed by atoms with Gasteiger partial charge in [-0.2, -0.15) is 0 Å². The number of carbonyl (C=O) groups is 1. The van der Waals surface area contributed by atoms with Crippen LogP contribution in [-0.4, -0.2) is 73.9 Å². The van der Waals surface area contributed by atoms with Crippen LogP contribution in [0, 0.1) is 5.82 Å². The number of aromatic nitrogens is 1. The van der Waals surface area contributed by atoms with Crippen LogP contribution in [0.2, 0.25) is 0 Å². The zero-order valence-electron chi connectivity index (χ0n) is 24.1. The molecule has 3 aromatic carbocycles. The van der Waals surface area contributed by atoms with Crippen LogP contribution < -0.4 is 26.1 Å². The lowest BCUT2D eigenvalue weighted by molar-refractivity contribution is 0.0374. The summed E-state index contributed by atoms with van der Waals surface area (Å²) in [6, 6.07) is 12.6. The molecule has 5 aromatic rings. The number of carbonyl (C=O) groups excluding carboxylic acids is 1. The number of furan rings is 1. The second-order valence-corrected chi connectivity index (χ2v) is 11.7. The van der Waals surface area contributed by atoms with Crippen molar-refractivity contribution in [2.45, 2.75) is 18.9 Å². The van der Waals surface area contributed by atoms with E-state index in [-0.39, 0.29) is 28.4 Å². The van der Waals surface area contributed by atoms with Gasteiger partial charge >= 0.3 is 0 Å². The number of anilines is 1. The number of amides is 1. The van der Waals surface area contributed by atoms with Gasteiger partial charge in [-0.05, 0) is 37.6 Å². The minimum Gasteiger partial charge on any atom is -0.456 e. The standard InChI is InChI=1S/C33H32FN5O5/c34-24-14-22-29-32(30(24)38-9-6-19(35)17-38)44-28-15-21-20-4-1-2-5-26(20)43-27(21)16-25(28)39(29)18-23(31(22)40)33(41)36-7-3-8-37-10-12-42-13-11-37/h1-2,4-5,14-16,18-19H,3,6-13,17,35H2,(H,36,41)/t19-/m1/s1. The van der Waals surface area contributed by atoms with Crippen LogP contribution in [0.1, 0.15) is 23.2 Å². The van der Waals surface area contributed by atoms with Crippen molar-refractivity contribution < 1.29 is 23.1 Å². The van der Waals surface area contributed by atoms with E-state index in [1.54, 1.807) is 10.8 Å². The predicted octanol–water partition coefficient (Wildman–Crippen LogP) is 4.12. The first-order valence-electron chi connectivity index (χ1n) is 15.1. The first kappa shape index (κ1) is 27.1. The van der Waals surface area contributed by atoms with E-state index in [0.29, 0.717) is 61.8 Å². The van der Waals surface area contributed by atoms with E-state index in [0.717, 1.165) is 42.4 Å². The Morgan fingerprint density at radius 2 is 1.89 bits per heavy atom. The summed E-state index contributed by atoms with van der Waals surface area (Å²) in [6.07, 6.45) is 2.99. The van der Waals surface area contributed by atoms with Crippen molar-refractivity contribution in [3.63, 3.8) is 0 Å². The first-order valence-corrected chi connectivity index (χ1v) is 15.1. The first-order chi connectivity index (χ1) is 21.5. The normalized spacial score (nSPS) is 18.2. The number of hydrogen-bond donors (Lipinski definition) is 2. The van der Waals surface area contributed by atoms with Crippen molar-refractivity contribution in [1.82, 2.24) is 14.8 Å². The van der Waals surface area contributed by atoms with E-state index in [1.165, 1.54) is 6.07 Å². The molecule has 2 saturated heterocycles. The zero-order chi connectivity index (χ0) is 29.9. The van der Waals surface area contributed by atoms with Crippen molar-refractivity contribution in [3.05, 3.63) is 70.3 Å². The van der Waals surface area contributed by atoms with Gasteiger partial charge in [-0.25, -0.2) is 4.39 Å². The fraction of sp³-hybridized carbons (Fsp3) is 0.333. The molecule has 0 radical (unpaired) electrons. The largest absolute Gasteiger partial charge is 0.456 e. The van der Waals surface area contributed by atoms with Gasteiger partial charge in [0.15, 0.2) is 17.3 Å². The predicted molar refractivity (Wildman–Crippen MR) is 166 cm³/mol. The van der Waals surface area contributed by atoms with Crippen molar-refractivity contribution in [1.29, 1.82) is 0 Å². The molecule has 10 nitrogen and oxygen atoms in total. The monoisotopic (exact) mass is 597 g/mol. The fourth-order valence-electron chi connectivity index (χ4n) is 6.69. The lowest BCUT2D eigenvalue weighted by Gasteiger charge is -2.29. The van der Waals surface area contributed by atoms with Crippen LogP contribution in [-0.2, 0) is 4.74 Å². The van der Waals surface area contributed by atoms with Crippen LogP contribution in [0.25, 0.3) is 38.5 Å². The zero-order valence-corrected chi connectivity index (χ0v) is 24.1. The van der Waals surface area contributed by atoms with Gasteiger partial charge in [0.05, 0.1) is 24.3 Å². The Bertz CT molecular complexity index is 2010. The van der Waals surface area contributed by atoms with Crippen molar-refractivity contribution in [2.75, 3.05) is 57.4 Å². The Kier molecular flexibility index (Phi) is 6.55. The summed E-state index contributed by atoms with van der Waals surface area (Å²) in [5, 5.41) is 4.74. The molecular weight excluding hydrogens is 565 g/mol. The number of pyridine rings is 1. The molecule has 226 valence electrons. The molecule has 5 heterocycles. The molecule has 0 spiro atoms. The molecule has 1 amide bonds. The average molecular weight is 598 g/mol. The van der Waals surface area contributed by atoms with E-state index in [9.17, 15) is 9.59 Å². The summed E-state index contributed by atoms with van der Waals surface area (Å²) in [5.74, 6) is -0.388. The van der Waals surface area contributed by atoms with Gasteiger partial charge in [0, 0.05) is 61.8 Å². The van der Waals surface area contributed by atoms with Crippen LogP contribution in [0.15, 0.2) is 57.9 Å². The van der Waals surface area contributed by atoms with Gasteiger partial charge in [-0.3, -0.25) is 14.5 Å². The third-order valence-electron chi connectivity index (χ3n) is 8.93. The number of morpholine rings is 1. The molecule has 8 rings (SSSR count). The average Bonchev–Trinajstić information content (AvgIpc) is 3.62. The smallest absolute Gasteiger partial charge is 0.256 e. The van der Waals surface area contributed by atoms with E-state index in [1.807, 2.05) is 41.3 Å². The van der Waals surface area contributed by atoms with Crippen LogP contribution >= 0.6 is 0 Å². The highest BCUT2D eigenvalue weighted by Gasteiger charge is 2.33. The van der Waals surface area contributed by atoms with Crippen LogP contribution in [0.4, 0.5) is 10.1 Å². The number of halogens is 1. The Balaban J connectivity index is 1.25. The summed E-state index contributed by atoms with van der Waals surface area (Å²) in [5.41, 5.74) is 8.18. The minimum absolute atomic E-state index is 0.0669. The number of nitrogens with zero attached hydrogens (tertiary/aromatic N) is 3. The van der Waals surface area contributed by atoms with Crippen molar-refractivity contribution in [3.8, 4) is 17.2 Å². The maximum atomic E-state index is 16.0. The molecule has 3 aliphatic rings. The number of hydrogen-bond acceptors (Lipinski definition) is 8. The van der Waals surface area contributed by atoms with Gasteiger partial charge < -0.3 is 34.4 Å². The Hall–Kier alpha value is -4.45. The van der Waals surface area contributed by atoms with Gasteiger partial charge in [0.25, 0.3) is 5.91 Å². The lowest BCUT2D eigenvalue weighted by atomic mass is 10.0. The van der Waals surface area contributed by atoms with Gasteiger partial charge in [0.2, 0.25) is 5.43 Å². The molecule has 44 heavy (non-hydrogen) atoms. The number of ether oxygens (including phenoxy) is 2. The Morgan fingerprint density at radius 3 is 2.70 bits per heavy atom. The van der Waals surface area contributed by atoms with Crippen LogP contribution in [0.5, 0.6) is 11.5 Å². The summed E-state index contributed by atoms with van der Waals surface area (Å²) in [4.78, 5) is 31.4. The molecule has 2 aromatic heterocycles. The molecule has 0 aliphatic carbocycles. The minimum atomic E-state index is -0.591. The number of rotatable bonds is 6. The van der Waals surface area contributed by atoms with Crippen molar-refractivity contribution in [2.24, 2.45) is 5.73 Å². The Labute approximate surface area is 251 Å². The van der Waals surface area contributed by atoms with E-state index in [2.05, 4.69) is 10.2 Å². The number of para-hydroxylation sites is 1. The van der Waals surface area contributed by atoms with E-state index in [4.69, 9.17) is 19.6 Å². The molecule has 2 fully saturated rings. The summed E-state index contributed by atoms with van der Waals surface area (Å²) >= 11 is 0. The van der Waals surface area contributed by atoms with Gasteiger partial charge in [-0.15, -0.1) is 0 Å². The molecule has 0 unspecified atom stereocenters. The lowest BCUT2D eigenvalue weighted by Crippen LogP contribution is -2.38. The highest BCUT2D eigenvalue weighted by atomic mass is 19.1. The highest BCUT2D eigenvalue weighted by Crippen LogP contribution is 2.48. The third kappa shape index (κ3) is 4.42. The van der Waals surface area contributed by atoms with Gasteiger partial charge in [-0.1, -0.05) is 18.2 Å². The fourth-order valence-corrected chi connectivity index (χ4v) is 6.69. The van der Waals surface area contributed by atoms with Crippen molar-refractivity contribution >= 4 is 44.4 Å². The maximum Gasteiger partial charge on any atom is 0.256 e. The van der Waals surface area contributed by atoms with E-state index >= 15 is 4.39 Å². The summed E-state index contributed by atoms with van der Waals surface area (Å²) in [7, 11) is 0. The third-order valence-corrected chi connectivity index (χ3v) is 8.93. The second kappa shape index (κ2) is 10.6. The maximum absolute atomic E-state index is 16.0. The molecule has 11 heteroatoms. The SMILES string of the molecule is N[C@@H]1CCN(c2c(F)cc3c(=O)c(C(=O)NCCCN4CCOCC4)cn4c3c2Oc2cc3c(cc2-4)oc2ccccc23)C1. The molecular formula is C33H32FN5O5. The molecule has 1 atom stereocenters. The highest BCUT2D eigenvalue weighted by molar-refractivity contribution is 6.07. The topological polar surface area (TPSA) is 115 Å². The molecule has 0 saturated carbocycles.